The van der Waals surface area contributed by atoms with E-state index in [2.05, 4.69) is 29.4 Å². The maximum absolute atomic E-state index is 13.1. The van der Waals surface area contributed by atoms with Crippen LogP contribution in [0.1, 0.15) is 50.2 Å². The van der Waals surface area contributed by atoms with Gasteiger partial charge in [-0.1, -0.05) is 50.6 Å². The highest BCUT2D eigenvalue weighted by atomic mass is 32.2. The highest BCUT2D eigenvalue weighted by Crippen LogP contribution is 2.25. The van der Waals surface area contributed by atoms with Crippen LogP contribution in [0.4, 0.5) is 0 Å². The molecule has 0 spiro atoms. The fourth-order valence-electron chi connectivity index (χ4n) is 3.43. The number of thioether (sulfide) groups is 1. The Balaban J connectivity index is 1.72. The summed E-state index contributed by atoms with van der Waals surface area (Å²) in [6.45, 7) is 4.99. The van der Waals surface area contributed by atoms with Gasteiger partial charge < -0.3 is 0 Å². The Morgan fingerprint density at radius 2 is 1.97 bits per heavy atom. The minimum Gasteiger partial charge on any atom is -0.276 e. The maximum Gasteiger partial charge on any atom is 0.262 e. The van der Waals surface area contributed by atoms with E-state index in [0.717, 1.165) is 54.2 Å². The van der Waals surface area contributed by atoms with E-state index in [4.69, 9.17) is 4.98 Å². The van der Waals surface area contributed by atoms with Crippen molar-refractivity contribution in [2.45, 2.75) is 63.4 Å². The normalized spacial score (nSPS) is 11.7. The van der Waals surface area contributed by atoms with E-state index in [-0.39, 0.29) is 5.56 Å². The van der Waals surface area contributed by atoms with Gasteiger partial charge in [-0.25, -0.2) is 4.98 Å². The molecule has 29 heavy (non-hydrogen) atoms. The number of hydrogen-bond acceptors (Lipinski definition) is 6. The number of para-hydroxylation sites is 1. The van der Waals surface area contributed by atoms with Crippen molar-refractivity contribution in [3.8, 4) is 0 Å². The SMILES string of the molecule is CCCCCn1c(=O)c2ccccc2n2c(SCc3csc(CCC)n3)nnc12. The summed E-state index contributed by atoms with van der Waals surface area (Å²) in [6.07, 6.45) is 5.29. The number of unbranched alkanes of at least 4 members (excludes halogenated alkanes) is 2. The topological polar surface area (TPSA) is 65.1 Å². The smallest absolute Gasteiger partial charge is 0.262 e. The van der Waals surface area contributed by atoms with Gasteiger partial charge in [0.2, 0.25) is 5.78 Å². The van der Waals surface area contributed by atoms with Gasteiger partial charge in [0, 0.05) is 17.7 Å². The second-order valence-electron chi connectivity index (χ2n) is 7.07. The van der Waals surface area contributed by atoms with Crippen molar-refractivity contribution in [1.82, 2.24) is 24.1 Å². The first kappa shape index (κ1) is 20.1. The average molecular weight is 428 g/mol. The van der Waals surface area contributed by atoms with Crippen LogP contribution in [-0.2, 0) is 18.7 Å². The van der Waals surface area contributed by atoms with Gasteiger partial charge in [-0.3, -0.25) is 13.8 Å². The van der Waals surface area contributed by atoms with Crippen molar-refractivity contribution in [2.24, 2.45) is 0 Å². The third-order valence-electron chi connectivity index (χ3n) is 4.88. The Kier molecular flexibility index (Phi) is 6.30. The largest absolute Gasteiger partial charge is 0.276 e. The first-order valence-electron chi connectivity index (χ1n) is 10.2. The van der Waals surface area contributed by atoms with Crippen molar-refractivity contribution in [3.05, 3.63) is 50.7 Å². The highest BCUT2D eigenvalue weighted by Gasteiger charge is 2.17. The van der Waals surface area contributed by atoms with E-state index >= 15 is 0 Å². The quantitative estimate of drug-likeness (QED) is 0.280. The Labute approximate surface area is 178 Å². The van der Waals surface area contributed by atoms with Gasteiger partial charge in [0.15, 0.2) is 5.16 Å². The van der Waals surface area contributed by atoms with E-state index < -0.39 is 0 Å². The molecule has 1 aromatic carbocycles. The molecule has 3 heterocycles. The van der Waals surface area contributed by atoms with Crippen LogP contribution in [0.25, 0.3) is 16.7 Å². The van der Waals surface area contributed by atoms with Crippen LogP contribution < -0.4 is 5.56 Å². The number of aromatic nitrogens is 5. The summed E-state index contributed by atoms with van der Waals surface area (Å²) in [5, 5.41) is 13.6. The van der Waals surface area contributed by atoms with Crippen LogP contribution in [-0.4, -0.2) is 24.1 Å². The van der Waals surface area contributed by atoms with Crippen LogP contribution >= 0.6 is 23.1 Å². The molecule has 8 heteroatoms. The maximum atomic E-state index is 13.1. The molecule has 0 aliphatic carbocycles. The van der Waals surface area contributed by atoms with Crippen molar-refractivity contribution in [2.75, 3.05) is 0 Å². The number of hydrogen-bond donors (Lipinski definition) is 0. The van der Waals surface area contributed by atoms with E-state index in [9.17, 15) is 4.79 Å². The number of aryl methyl sites for hydroxylation is 2. The minimum atomic E-state index is 0.0110. The standard InChI is InChI=1S/C21H25N5OS2/c1-3-5-8-12-25-19(27)16-10-6-7-11-17(16)26-20(25)23-24-21(26)29-14-15-13-28-18(22-15)9-4-2/h6-7,10-11,13H,3-5,8-9,12,14H2,1-2H3. The monoisotopic (exact) mass is 427 g/mol. The molecule has 0 fully saturated rings. The fraction of sp³-hybridized carbons (Fsp3) is 0.429. The molecule has 6 nitrogen and oxygen atoms in total. The predicted molar refractivity (Wildman–Crippen MR) is 120 cm³/mol. The van der Waals surface area contributed by atoms with Crippen molar-refractivity contribution >= 4 is 39.8 Å². The molecule has 0 N–H and O–H groups in total. The molecule has 0 bridgehead atoms. The van der Waals surface area contributed by atoms with E-state index in [1.165, 1.54) is 5.01 Å². The van der Waals surface area contributed by atoms with E-state index in [1.54, 1.807) is 27.7 Å². The van der Waals surface area contributed by atoms with Crippen LogP contribution in [0, 0.1) is 0 Å². The first-order chi connectivity index (χ1) is 14.2. The van der Waals surface area contributed by atoms with Crippen molar-refractivity contribution in [3.63, 3.8) is 0 Å². The fourth-order valence-corrected chi connectivity index (χ4v) is 5.27. The molecule has 0 atom stereocenters. The summed E-state index contributed by atoms with van der Waals surface area (Å²) in [5.74, 6) is 1.36. The molecular formula is C21H25N5OS2. The third-order valence-corrected chi connectivity index (χ3v) is 6.80. The lowest BCUT2D eigenvalue weighted by molar-refractivity contribution is 0.594. The zero-order valence-corrected chi connectivity index (χ0v) is 18.4. The Morgan fingerprint density at radius 3 is 2.79 bits per heavy atom. The first-order valence-corrected chi connectivity index (χ1v) is 12.0. The number of fused-ring (bicyclic) bond motifs is 3. The molecular weight excluding hydrogens is 402 g/mol. The highest BCUT2D eigenvalue weighted by molar-refractivity contribution is 7.98. The second kappa shape index (κ2) is 9.09. The van der Waals surface area contributed by atoms with Crippen molar-refractivity contribution < 1.29 is 0 Å². The lowest BCUT2D eigenvalue weighted by Gasteiger charge is -2.11. The Morgan fingerprint density at radius 1 is 1.10 bits per heavy atom. The van der Waals surface area contributed by atoms with Crippen LogP contribution in [0.3, 0.4) is 0 Å². The molecule has 0 aliphatic heterocycles. The molecule has 0 aliphatic rings. The second-order valence-corrected chi connectivity index (χ2v) is 8.96. The molecule has 152 valence electrons. The number of benzene rings is 1. The van der Waals surface area contributed by atoms with Gasteiger partial charge in [0.1, 0.15) is 0 Å². The molecule has 0 unspecified atom stereocenters. The molecule has 3 aromatic heterocycles. The Hall–Kier alpha value is -2.19. The Bertz CT molecular complexity index is 1180. The summed E-state index contributed by atoms with van der Waals surface area (Å²) in [7, 11) is 0. The van der Waals surface area contributed by atoms with Gasteiger partial charge in [-0.05, 0) is 31.4 Å². The summed E-state index contributed by atoms with van der Waals surface area (Å²) in [6, 6.07) is 7.72. The molecule has 4 aromatic rings. The summed E-state index contributed by atoms with van der Waals surface area (Å²) in [5.41, 5.74) is 1.94. The van der Waals surface area contributed by atoms with Crippen LogP contribution in [0.2, 0.25) is 0 Å². The van der Waals surface area contributed by atoms with E-state index in [1.807, 2.05) is 28.7 Å². The summed E-state index contributed by atoms with van der Waals surface area (Å²) >= 11 is 3.34. The summed E-state index contributed by atoms with van der Waals surface area (Å²) < 4.78 is 3.80. The van der Waals surface area contributed by atoms with Crippen LogP contribution in [0.15, 0.2) is 39.6 Å². The van der Waals surface area contributed by atoms with Gasteiger partial charge in [0.25, 0.3) is 5.56 Å². The van der Waals surface area contributed by atoms with Gasteiger partial charge in [-0.2, -0.15) is 0 Å². The number of thiazole rings is 1. The molecule has 0 saturated carbocycles. The zero-order valence-electron chi connectivity index (χ0n) is 16.8. The van der Waals surface area contributed by atoms with Crippen molar-refractivity contribution in [1.29, 1.82) is 0 Å². The minimum absolute atomic E-state index is 0.0110. The lowest BCUT2D eigenvalue weighted by Crippen LogP contribution is -2.23. The summed E-state index contributed by atoms with van der Waals surface area (Å²) in [4.78, 5) is 17.8. The number of nitrogens with zero attached hydrogens (tertiary/aromatic N) is 5. The van der Waals surface area contributed by atoms with Gasteiger partial charge in [0.05, 0.1) is 21.6 Å². The van der Waals surface area contributed by atoms with Gasteiger partial charge >= 0.3 is 0 Å². The third kappa shape index (κ3) is 4.09. The average Bonchev–Trinajstić information content (AvgIpc) is 3.36. The number of rotatable bonds is 9. The molecule has 4 rings (SSSR count). The van der Waals surface area contributed by atoms with E-state index in [0.29, 0.717) is 17.7 Å². The lowest BCUT2D eigenvalue weighted by atomic mass is 10.2. The van der Waals surface area contributed by atoms with Crippen LogP contribution in [0.5, 0.6) is 0 Å². The molecule has 0 amide bonds. The zero-order chi connectivity index (χ0) is 20.2. The van der Waals surface area contributed by atoms with Gasteiger partial charge in [-0.15, -0.1) is 21.5 Å². The predicted octanol–water partition coefficient (Wildman–Crippen LogP) is 4.94. The molecule has 0 saturated heterocycles. The molecule has 0 radical (unpaired) electrons.